The third kappa shape index (κ3) is 3.77. The van der Waals surface area contributed by atoms with Crippen LogP contribution in [-0.4, -0.2) is 15.7 Å². The molecule has 0 fully saturated rings. The average Bonchev–Trinajstić information content (AvgIpc) is 2.70. The van der Waals surface area contributed by atoms with Crippen molar-refractivity contribution in [2.24, 2.45) is 0 Å². The number of rotatable bonds is 6. The van der Waals surface area contributed by atoms with E-state index in [1.807, 2.05) is 37.3 Å². The first-order valence-corrected chi connectivity index (χ1v) is 9.46. The number of fused-ring (bicyclic) bond motifs is 1. The Morgan fingerprint density at radius 3 is 2.44 bits per heavy atom. The molecule has 0 radical (unpaired) electrons. The van der Waals surface area contributed by atoms with Crippen LogP contribution in [0.1, 0.15) is 55.6 Å². The molecule has 1 atom stereocenters. The smallest absolute Gasteiger partial charge is 0.276 e. The van der Waals surface area contributed by atoms with E-state index in [0.29, 0.717) is 23.2 Å². The summed E-state index contributed by atoms with van der Waals surface area (Å²) in [4.78, 5) is 25.7. The van der Waals surface area contributed by atoms with E-state index >= 15 is 0 Å². The Bertz CT molecular complexity index is 1020. The van der Waals surface area contributed by atoms with Crippen molar-refractivity contribution in [1.29, 1.82) is 0 Å². The standard InChI is InChI=1S/C22H25N3O2/c1-4-14-25-22(27)18-12-7-6-11-17(18)20(24-25)21(26)23-19-13-9-8-10-16(19)15(3)5-2/h6-13,15H,4-5,14H2,1-3H3,(H,23,26)/t15-/m0/s1. The predicted octanol–water partition coefficient (Wildman–Crippen LogP) is 4.57. The van der Waals surface area contributed by atoms with E-state index in [4.69, 9.17) is 0 Å². The highest BCUT2D eigenvalue weighted by molar-refractivity contribution is 6.11. The fourth-order valence-corrected chi connectivity index (χ4v) is 3.21. The van der Waals surface area contributed by atoms with Gasteiger partial charge in [-0.3, -0.25) is 9.59 Å². The van der Waals surface area contributed by atoms with Gasteiger partial charge in [-0.25, -0.2) is 4.68 Å². The molecule has 0 spiro atoms. The van der Waals surface area contributed by atoms with E-state index < -0.39 is 0 Å². The van der Waals surface area contributed by atoms with Gasteiger partial charge in [0, 0.05) is 17.6 Å². The summed E-state index contributed by atoms with van der Waals surface area (Å²) in [5.41, 5.74) is 2.00. The van der Waals surface area contributed by atoms with Crippen molar-refractivity contribution in [2.75, 3.05) is 5.32 Å². The molecular weight excluding hydrogens is 338 g/mol. The maximum atomic E-state index is 13.1. The molecule has 1 amide bonds. The van der Waals surface area contributed by atoms with Crippen molar-refractivity contribution in [2.45, 2.75) is 46.1 Å². The number of nitrogens with zero attached hydrogens (tertiary/aromatic N) is 2. The molecule has 0 saturated carbocycles. The Kier molecular flexibility index (Phi) is 5.69. The minimum Gasteiger partial charge on any atom is -0.320 e. The zero-order valence-electron chi connectivity index (χ0n) is 16.0. The van der Waals surface area contributed by atoms with Crippen LogP contribution < -0.4 is 10.9 Å². The fraction of sp³-hybridized carbons (Fsp3) is 0.318. The molecule has 5 heteroatoms. The molecule has 0 aliphatic rings. The average molecular weight is 363 g/mol. The van der Waals surface area contributed by atoms with E-state index in [2.05, 4.69) is 24.3 Å². The van der Waals surface area contributed by atoms with Crippen molar-refractivity contribution in [3.05, 3.63) is 70.1 Å². The van der Waals surface area contributed by atoms with Gasteiger partial charge in [0.25, 0.3) is 11.5 Å². The Hall–Kier alpha value is -2.95. The highest BCUT2D eigenvalue weighted by Gasteiger charge is 2.18. The van der Waals surface area contributed by atoms with Crippen molar-refractivity contribution >= 4 is 22.4 Å². The van der Waals surface area contributed by atoms with Gasteiger partial charge < -0.3 is 5.32 Å². The second-order valence-corrected chi connectivity index (χ2v) is 6.77. The van der Waals surface area contributed by atoms with E-state index in [-0.39, 0.29) is 17.2 Å². The molecule has 0 saturated heterocycles. The lowest BCUT2D eigenvalue weighted by Gasteiger charge is -2.16. The second kappa shape index (κ2) is 8.16. The third-order valence-corrected chi connectivity index (χ3v) is 4.87. The van der Waals surface area contributed by atoms with Gasteiger partial charge in [-0.2, -0.15) is 5.10 Å². The Labute approximate surface area is 159 Å². The number of anilines is 1. The van der Waals surface area contributed by atoms with Gasteiger partial charge in [-0.05, 0) is 36.5 Å². The molecule has 0 unspecified atom stereocenters. The number of nitrogens with one attached hydrogen (secondary N) is 1. The van der Waals surface area contributed by atoms with Gasteiger partial charge in [0.1, 0.15) is 0 Å². The zero-order valence-corrected chi connectivity index (χ0v) is 16.0. The largest absolute Gasteiger partial charge is 0.320 e. The molecule has 140 valence electrons. The van der Waals surface area contributed by atoms with Crippen LogP contribution in [0.15, 0.2) is 53.3 Å². The predicted molar refractivity (Wildman–Crippen MR) is 109 cm³/mol. The van der Waals surface area contributed by atoms with Crippen molar-refractivity contribution < 1.29 is 4.79 Å². The first-order valence-electron chi connectivity index (χ1n) is 9.46. The summed E-state index contributed by atoms with van der Waals surface area (Å²) in [6, 6.07) is 15.0. The maximum absolute atomic E-state index is 13.1. The lowest BCUT2D eigenvalue weighted by atomic mass is 9.97. The number of carbonyl (C=O) groups excluding carboxylic acids is 1. The molecule has 0 bridgehead atoms. The van der Waals surface area contributed by atoms with Gasteiger partial charge in [0.2, 0.25) is 0 Å². The van der Waals surface area contributed by atoms with Crippen LogP contribution in [0.4, 0.5) is 5.69 Å². The van der Waals surface area contributed by atoms with Gasteiger partial charge in [-0.1, -0.05) is 57.2 Å². The van der Waals surface area contributed by atoms with Gasteiger partial charge >= 0.3 is 0 Å². The Morgan fingerprint density at radius 2 is 1.74 bits per heavy atom. The van der Waals surface area contributed by atoms with Crippen LogP contribution in [0.5, 0.6) is 0 Å². The van der Waals surface area contributed by atoms with Gasteiger partial charge in [-0.15, -0.1) is 0 Å². The summed E-state index contributed by atoms with van der Waals surface area (Å²) in [6.45, 7) is 6.72. The summed E-state index contributed by atoms with van der Waals surface area (Å²) in [7, 11) is 0. The summed E-state index contributed by atoms with van der Waals surface area (Å²) in [5, 5.41) is 8.47. The molecule has 5 nitrogen and oxygen atoms in total. The first-order chi connectivity index (χ1) is 13.1. The van der Waals surface area contributed by atoms with Crippen molar-refractivity contribution in [3.63, 3.8) is 0 Å². The van der Waals surface area contributed by atoms with Gasteiger partial charge in [0.15, 0.2) is 5.69 Å². The quantitative estimate of drug-likeness (QED) is 0.697. The molecule has 1 aromatic heterocycles. The van der Waals surface area contributed by atoms with Crippen molar-refractivity contribution in [3.8, 4) is 0 Å². The first kappa shape index (κ1) is 18.8. The molecule has 0 aliphatic carbocycles. The fourth-order valence-electron chi connectivity index (χ4n) is 3.21. The number of aryl methyl sites for hydroxylation is 1. The Balaban J connectivity index is 2.07. The summed E-state index contributed by atoms with van der Waals surface area (Å²) in [6.07, 6.45) is 1.75. The SMILES string of the molecule is CCCn1nc(C(=O)Nc2ccccc2[C@@H](C)CC)c2ccccc2c1=O. The van der Waals surface area contributed by atoms with Gasteiger partial charge in [0.05, 0.1) is 5.39 Å². The highest BCUT2D eigenvalue weighted by Crippen LogP contribution is 2.27. The number of carbonyl (C=O) groups is 1. The highest BCUT2D eigenvalue weighted by atomic mass is 16.2. The van der Waals surface area contributed by atoms with Crippen LogP contribution in [0.25, 0.3) is 10.8 Å². The molecule has 2 aromatic carbocycles. The number of hydrogen-bond acceptors (Lipinski definition) is 3. The normalized spacial score (nSPS) is 12.1. The molecular formula is C22H25N3O2. The summed E-state index contributed by atoms with van der Waals surface area (Å²) >= 11 is 0. The molecule has 3 aromatic rings. The van der Waals surface area contributed by atoms with Crippen LogP contribution in [0.2, 0.25) is 0 Å². The van der Waals surface area contributed by atoms with Crippen LogP contribution in [0, 0.1) is 0 Å². The lowest BCUT2D eigenvalue weighted by Crippen LogP contribution is -2.27. The molecule has 1 heterocycles. The maximum Gasteiger partial charge on any atom is 0.276 e. The third-order valence-electron chi connectivity index (χ3n) is 4.87. The number of benzene rings is 2. The van der Waals surface area contributed by atoms with E-state index in [1.54, 1.807) is 18.2 Å². The minimum absolute atomic E-state index is 0.163. The Morgan fingerprint density at radius 1 is 1.07 bits per heavy atom. The van der Waals surface area contributed by atoms with E-state index in [1.165, 1.54) is 4.68 Å². The number of aromatic nitrogens is 2. The van der Waals surface area contributed by atoms with Crippen LogP contribution in [0.3, 0.4) is 0 Å². The minimum atomic E-state index is -0.299. The summed E-state index contributed by atoms with van der Waals surface area (Å²) in [5.74, 6) is 0.0343. The van der Waals surface area contributed by atoms with E-state index in [0.717, 1.165) is 24.1 Å². The lowest BCUT2D eigenvalue weighted by molar-refractivity contribution is 0.102. The monoisotopic (exact) mass is 363 g/mol. The molecule has 3 rings (SSSR count). The second-order valence-electron chi connectivity index (χ2n) is 6.77. The van der Waals surface area contributed by atoms with Crippen LogP contribution >= 0.6 is 0 Å². The molecule has 27 heavy (non-hydrogen) atoms. The molecule has 0 aliphatic heterocycles. The van der Waals surface area contributed by atoms with E-state index in [9.17, 15) is 9.59 Å². The summed E-state index contributed by atoms with van der Waals surface area (Å²) < 4.78 is 1.39. The number of para-hydroxylation sites is 1. The molecule has 1 N–H and O–H groups in total. The van der Waals surface area contributed by atoms with Crippen LogP contribution in [-0.2, 0) is 6.54 Å². The zero-order chi connectivity index (χ0) is 19.4. The topological polar surface area (TPSA) is 64.0 Å². The van der Waals surface area contributed by atoms with Crippen molar-refractivity contribution in [1.82, 2.24) is 9.78 Å². The number of hydrogen-bond donors (Lipinski definition) is 1. The number of amides is 1.